The molecule has 0 aromatic heterocycles. The average molecular weight is 345 g/mol. The van der Waals surface area contributed by atoms with Crippen LogP contribution in [0.1, 0.15) is 69.4 Å². The number of rotatable bonds is 2. The fourth-order valence-corrected chi connectivity index (χ4v) is 6.53. The summed E-state index contributed by atoms with van der Waals surface area (Å²) in [6.07, 6.45) is 6.23. The molecule has 0 spiro atoms. The molecule has 0 amide bonds. The van der Waals surface area contributed by atoms with E-state index in [0.29, 0.717) is 24.2 Å². The maximum atomic E-state index is 11.4. The van der Waals surface area contributed by atoms with Crippen LogP contribution in [-0.2, 0) is 6.42 Å². The number of aromatic hydroxyl groups is 1. The van der Waals surface area contributed by atoms with Gasteiger partial charge >= 0.3 is 5.69 Å². The van der Waals surface area contributed by atoms with Crippen LogP contribution in [0, 0.1) is 27.4 Å². The molecule has 5 atom stereocenters. The Balaban J connectivity index is 1.74. The highest BCUT2D eigenvalue weighted by atomic mass is 16.6. The number of aliphatic hydroxyl groups is 1. The largest absolute Gasteiger partial charge is 0.502 e. The van der Waals surface area contributed by atoms with Gasteiger partial charge in [-0.15, -0.1) is 0 Å². The van der Waals surface area contributed by atoms with Crippen molar-refractivity contribution in [1.82, 2.24) is 0 Å². The van der Waals surface area contributed by atoms with Gasteiger partial charge in [-0.2, -0.15) is 0 Å². The van der Waals surface area contributed by atoms with E-state index in [1.54, 1.807) is 0 Å². The minimum atomic E-state index is -0.566. The third kappa shape index (κ3) is 2.11. The number of nitro groups is 1. The summed E-state index contributed by atoms with van der Waals surface area (Å²) in [5.74, 6) is 1.07. The summed E-state index contributed by atoms with van der Waals surface area (Å²) in [4.78, 5) is 11.0. The molecule has 0 heterocycles. The van der Waals surface area contributed by atoms with Crippen LogP contribution in [0.15, 0.2) is 12.1 Å². The Hall–Kier alpha value is -1.62. The van der Waals surface area contributed by atoms with Gasteiger partial charge in [-0.1, -0.05) is 19.9 Å². The summed E-state index contributed by atoms with van der Waals surface area (Å²) >= 11 is 0. The van der Waals surface area contributed by atoms with Gasteiger partial charge in [0, 0.05) is 5.56 Å². The second kappa shape index (κ2) is 5.44. The summed E-state index contributed by atoms with van der Waals surface area (Å²) in [5.41, 5.74) is 1.10. The first-order valence-corrected chi connectivity index (χ1v) is 9.54. The van der Waals surface area contributed by atoms with Crippen LogP contribution in [-0.4, -0.2) is 20.7 Å². The van der Waals surface area contributed by atoms with Gasteiger partial charge < -0.3 is 10.2 Å². The second-order valence-corrected chi connectivity index (χ2v) is 8.55. The Bertz CT molecular complexity index is 733. The van der Waals surface area contributed by atoms with Crippen LogP contribution >= 0.6 is 0 Å². The molecule has 4 rings (SSSR count). The predicted molar refractivity (Wildman–Crippen MR) is 94.6 cm³/mol. The van der Waals surface area contributed by atoms with Crippen molar-refractivity contribution in [2.75, 3.05) is 0 Å². The summed E-state index contributed by atoms with van der Waals surface area (Å²) < 4.78 is 0. The van der Waals surface area contributed by atoms with E-state index in [-0.39, 0.29) is 16.9 Å². The van der Waals surface area contributed by atoms with Crippen molar-refractivity contribution in [3.63, 3.8) is 0 Å². The first-order chi connectivity index (χ1) is 11.8. The second-order valence-electron chi connectivity index (χ2n) is 8.55. The molecule has 0 radical (unpaired) electrons. The van der Waals surface area contributed by atoms with E-state index in [9.17, 15) is 20.3 Å². The molecule has 136 valence electrons. The number of nitro benzene ring substituents is 1. The lowest BCUT2D eigenvalue weighted by Gasteiger charge is -2.53. The number of fused-ring (bicyclic) bond motifs is 5. The molecule has 2 N–H and O–H groups in total. The molecule has 2 saturated carbocycles. The Kier molecular flexibility index (Phi) is 3.66. The van der Waals surface area contributed by atoms with Crippen molar-refractivity contribution < 1.29 is 15.1 Å². The lowest BCUT2D eigenvalue weighted by Crippen LogP contribution is -2.50. The van der Waals surface area contributed by atoms with E-state index >= 15 is 0 Å². The van der Waals surface area contributed by atoms with Crippen molar-refractivity contribution in [1.29, 1.82) is 0 Å². The molecule has 0 aliphatic heterocycles. The van der Waals surface area contributed by atoms with Gasteiger partial charge in [0.2, 0.25) is 0 Å². The van der Waals surface area contributed by atoms with E-state index < -0.39 is 10.5 Å². The van der Waals surface area contributed by atoms with Gasteiger partial charge in [0.05, 0.1) is 10.5 Å². The number of phenolic OH excluding ortho intramolecular Hbond substituents is 1. The van der Waals surface area contributed by atoms with Crippen molar-refractivity contribution in [2.45, 2.75) is 70.3 Å². The highest BCUT2D eigenvalue weighted by Crippen LogP contribution is 2.65. The lowest BCUT2D eigenvalue weighted by molar-refractivity contribution is -0.386. The fraction of sp³-hybridized carbons (Fsp3) is 0.700. The van der Waals surface area contributed by atoms with Gasteiger partial charge in [0.1, 0.15) is 0 Å². The van der Waals surface area contributed by atoms with Crippen molar-refractivity contribution in [3.8, 4) is 5.75 Å². The van der Waals surface area contributed by atoms with Crippen LogP contribution in [0.2, 0.25) is 0 Å². The Morgan fingerprint density at radius 2 is 2.04 bits per heavy atom. The third-order valence-electron chi connectivity index (χ3n) is 7.95. The van der Waals surface area contributed by atoms with Crippen LogP contribution in [0.25, 0.3) is 0 Å². The summed E-state index contributed by atoms with van der Waals surface area (Å²) in [5, 5.41) is 32.5. The zero-order chi connectivity index (χ0) is 18.0. The Labute approximate surface area is 148 Å². The molecule has 0 bridgehead atoms. The fourth-order valence-electron chi connectivity index (χ4n) is 6.53. The van der Waals surface area contributed by atoms with E-state index in [0.717, 1.165) is 49.7 Å². The molecular weight excluding hydrogens is 318 g/mol. The van der Waals surface area contributed by atoms with E-state index in [4.69, 9.17) is 0 Å². The highest BCUT2D eigenvalue weighted by Gasteiger charge is 2.60. The average Bonchev–Trinajstić information content (AvgIpc) is 2.86. The molecule has 5 nitrogen and oxygen atoms in total. The number of phenols is 1. The topological polar surface area (TPSA) is 83.6 Å². The monoisotopic (exact) mass is 345 g/mol. The molecule has 1 aromatic rings. The number of benzene rings is 1. The minimum absolute atomic E-state index is 0.0384. The van der Waals surface area contributed by atoms with Gasteiger partial charge in [-0.25, -0.2) is 0 Å². The quantitative estimate of drug-likeness (QED) is 0.618. The van der Waals surface area contributed by atoms with Gasteiger partial charge in [0.25, 0.3) is 0 Å². The molecule has 3 unspecified atom stereocenters. The normalized spacial score (nSPS) is 39.4. The number of hydrogen-bond donors (Lipinski definition) is 2. The molecular formula is C20H27NO4. The molecule has 5 heteroatoms. The van der Waals surface area contributed by atoms with E-state index in [2.05, 4.69) is 13.8 Å². The highest BCUT2D eigenvalue weighted by molar-refractivity contribution is 5.57. The smallest absolute Gasteiger partial charge is 0.314 e. The Morgan fingerprint density at radius 3 is 2.72 bits per heavy atom. The maximum Gasteiger partial charge on any atom is 0.314 e. The standard InChI is InChI=1S/C20H27NO4/c1-3-20(23)11-9-16-14-4-5-15-12(13(14)8-10-19(16,20)2)6-7-17(22)18(15)21(24)25/h6-7,13-14,16,22-23H,3-5,8-11H2,1-2H3/t13?,14?,16?,19-,20-/m0/s1. The summed E-state index contributed by atoms with van der Waals surface area (Å²) in [6.45, 7) is 4.35. The van der Waals surface area contributed by atoms with Gasteiger partial charge in [-0.05, 0) is 79.7 Å². The molecule has 3 aliphatic carbocycles. The predicted octanol–water partition coefficient (Wildman–Crippen LogP) is 4.30. The number of nitrogens with zero attached hydrogens (tertiary/aromatic N) is 1. The first-order valence-electron chi connectivity index (χ1n) is 9.54. The van der Waals surface area contributed by atoms with E-state index in [1.165, 1.54) is 6.07 Å². The molecule has 2 fully saturated rings. The van der Waals surface area contributed by atoms with E-state index in [1.807, 2.05) is 6.07 Å². The maximum absolute atomic E-state index is 11.4. The Morgan fingerprint density at radius 1 is 1.28 bits per heavy atom. The van der Waals surface area contributed by atoms with Crippen LogP contribution in [0.3, 0.4) is 0 Å². The SMILES string of the molecule is CC[C@]1(O)CCC2C3CCc4c(ccc(O)c4[N+](=O)[O-])C3CC[C@@]21C. The zero-order valence-electron chi connectivity index (χ0n) is 15.0. The molecule has 1 aromatic carbocycles. The lowest BCUT2D eigenvalue weighted by atomic mass is 9.53. The van der Waals surface area contributed by atoms with Crippen molar-refractivity contribution in [2.24, 2.45) is 17.3 Å². The van der Waals surface area contributed by atoms with Gasteiger partial charge in [0.15, 0.2) is 5.75 Å². The molecule has 25 heavy (non-hydrogen) atoms. The van der Waals surface area contributed by atoms with Gasteiger partial charge in [-0.3, -0.25) is 10.1 Å². The molecule has 0 saturated heterocycles. The zero-order valence-corrected chi connectivity index (χ0v) is 15.0. The van der Waals surface area contributed by atoms with Crippen LogP contribution < -0.4 is 0 Å². The minimum Gasteiger partial charge on any atom is -0.502 e. The van der Waals surface area contributed by atoms with Crippen LogP contribution in [0.4, 0.5) is 5.69 Å². The van der Waals surface area contributed by atoms with Crippen molar-refractivity contribution in [3.05, 3.63) is 33.4 Å². The third-order valence-corrected chi connectivity index (χ3v) is 7.95. The first kappa shape index (κ1) is 16.8. The number of hydrogen-bond acceptors (Lipinski definition) is 4. The summed E-state index contributed by atoms with van der Waals surface area (Å²) in [7, 11) is 0. The van der Waals surface area contributed by atoms with Crippen LogP contribution in [0.5, 0.6) is 5.75 Å². The summed E-state index contributed by atoms with van der Waals surface area (Å²) in [6, 6.07) is 3.39. The van der Waals surface area contributed by atoms with Crippen molar-refractivity contribution >= 4 is 5.69 Å². The molecule has 3 aliphatic rings.